The van der Waals surface area contributed by atoms with E-state index in [9.17, 15) is 13.2 Å². The van der Waals surface area contributed by atoms with Gasteiger partial charge < -0.3 is 10.0 Å². The summed E-state index contributed by atoms with van der Waals surface area (Å²) in [4.78, 5) is 17.2. The molecule has 8 nitrogen and oxygen atoms in total. The van der Waals surface area contributed by atoms with E-state index in [0.717, 1.165) is 0 Å². The molecule has 9 heteroatoms. The second-order valence-electron chi connectivity index (χ2n) is 4.11. The molecule has 0 radical (unpaired) electrons. The number of H-pyrrole nitrogens is 1. The maximum absolute atomic E-state index is 12.1. The minimum absolute atomic E-state index is 0.0488. The Morgan fingerprint density at radius 1 is 1.61 bits per heavy atom. The van der Waals surface area contributed by atoms with E-state index in [4.69, 9.17) is 5.11 Å². The summed E-state index contributed by atoms with van der Waals surface area (Å²) >= 11 is 0. The molecule has 0 aromatic carbocycles. The Kier molecular flexibility index (Phi) is 3.62. The number of nitrogens with zero attached hydrogens (tertiary/aromatic N) is 3. The predicted molar refractivity (Wildman–Crippen MR) is 61.6 cm³/mol. The van der Waals surface area contributed by atoms with Crippen LogP contribution in [0.5, 0.6) is 0 Å². The van der Waals surface area contributed by atoms with Crippen LogP contribution in [-0.2, 0) is 9.84 Å². The molecule has 1 amide bonds. The highest BCUT2D eigenvalue weighted by Gasteiger charge is 2.35. The lowest BCUT2D eigenvalue weighted by molar-refractivity contribution is 0.0643. The van der Waals surface area contributed by atoms with Crippen LogP contribution >= 0.6 is 0 Å². The molecule has 0 spiro atoms. The normalized spacial score (nSPS) is 21.9. The Bertz CT molecular complexity index is 513. The number of amides is 1. The van der Waals surface area contributed by atoms with Crippen LogP contribution in [0.15, 0.2) is 6.33 Å². The highest BCUT2D eigenvalue weighted by molar-refractivity contribution is 7.91. The molecule has 1 aromatic rings. The van der Waals surface area contributed by atoms with Crippen LogP contribution in [0, 0.1) is 0 Å². The van der Waals surface area contributed by atoms with Crippen molar-refractivity contribution >= 4 is 15.7 Å². The van der Waals surface area contributed by atoms with Crippen molar-refractivity contribution in [2.75, 3.05) is 24.7 Å². The summed E-state index contributed by atoms with van der Waals surface area (Å²) in [5.74, 6) is -0.382. The molecule has 0 bridgehead atoms. The van der Waals surface area contributed by atoms with Crippen molar-refractivity contribution in [3.63, 3.8) is 0 Å². The van der Waals surface area contributed by atoms with E-state index in [1.165, 1.54) is 11.2 Å². The molecule has 2 rings (SSSR count). The monoisotopic (exact) mass is 274 g/mol. The number of aromatic nitrogens is 3. The van der Waals surface area contributed by atoms with Crippen molar-refractivity contribution < 1.29 is 18.3 Å². The summed E-state index contributed by atoms with van der Waals surface area (Å²) in [7, 11) is -3.08. The molecule has 18 heavy (non-hydrogen) atoms. The largest absolute Gasteiger partial charge is 0.395 e. The summed E-state index contributed by atoms with van der Waals surface area (Å²) < 4.78 is 22.8. The van der Waals surface area contributed by atoms with Gasteiger partial charge in [0.15, 0.2) is 9.84 Å². The van der Waals surface area contributed by atoms with E-state index in [2.05, 4.69) is 15.2 Å². The van der Waals surface area contributed by atoms with Gasteiger partial charge in [-0.05, 0) is 6.42 Å². The van der Waals surface area contributed by atoms with E-state index in [0.29, 0.717) is 6.42 Å². The molecular formula is C9H14N4O4S. The second kappa shape index (κ2) is 5.02. The summed E-state index contributed by atoms with van der Waals surface area (Å²) in [6, 6.07) is -0.403. The number of aliphatic hydroxyl groups is 1. The molecular weight excluding hydrogens is 260 g/mol. The number of carbonyl (C=O) groups is 1. The highest BCUT2D eigenvalue weighted by Crippen LogP contribution is 2.18. The van der Waals surface area contributed by atoms with Crippen molar-refractivity contribution in [1.29, 1.82) is 0 Å². The Morgan fingerprint density at radius 3 is 2.89 bits per heavy atom. The van der Waals surface area contributed by atoms with Gasteiger partial charge in [0.25, 0.3) is 5.91 Å². The first kappa shape index (κ1) is 13.0. The van der Waals surface area contributed by atoms with Gasteiger partial charge >= 0.3 is 0 Å². The molecule has 1 aliphatic heterocycles. The van der Waals surface area contributed by atoms with Crippen LogP contribution in [0.2, 0.25) is 0 Å². The molecule has 1 aromatic heterocycles. The van der Waals surface area contributed by atoms with Crippen LogP contribution in [0.3, 0.4) is 0 Å². The first-order valence-corrected chi connectivity index (χ1v) is 7.33. The number of aliphatic hydroxyl groups excluding tert-OH is 1. The number of nitrogens with one attached hydrogen (secondary N) is 1. The number of aromatic amines is 1. The molecule has 1 saturated heterocycles. The SMILES string of the molecule is O=C(c1ncn[nH]1)N(CCO)C1CCS(=O)(=O)C1. The molecule has 0 saturated carbocycles. The second-order valence-corrected chi connectivity index (χ2v) is 6.34. The molecule has 1 unspecified atom stereocenters. The van der Waals surface area contributed by atoms with Gasteiger partial charge in [-0.1, -0.05) is 0 Å². The average Bonchev–Trinajstić information content (AvgIpc) is 2.94. The van der Waals surface area contributed by atoms with Gasteiger partial charge in [-0.25, -0.2) is 13.4 Å². The molecule has 2 N–H and O–H groups in total. The number of rotatable bonds is 4. The number of sulfone groups is 1. The van der Waals surface area contributed by atoms with E-state index < -0.39 is 21.8 Å². The van der Waals surface area contributed by atoms with Crippen molar-refractivity contribution in [2.24, 2.45) is 0 Å². The fourth-order valence-electron chi connectivity index (χ4n) is 2.02. The molecule has 2 heterocycles. The average molecular weight is 274 g/mol. The first-order valence-electron chi connectivity index (χ1n) is 5.51. The lowest BCUT2D eigenvalue weighted by atomic mass is 10.2. The van der Waals surface area contributed by atoms with Gasteiger partial charge in [0.1, 0.15) is 6.33 Å². The smallest absolute Gasteiger partial charge is 0.291 e. The summed E-state index contributed by atoms with van der Waals surface area (Å²) in [5.41, 5.74) is 0. The Labute approximate surface area is 104 Å². The van der Waals surface area contributed by atoms with Crippen LogP contribution in [0.4, 0.5) is 0 Å². The third kappa shape index (κ3) is 2.67. The fraction of sp³-hybridized carbons (Fsp3) is 0.667. The van der Waals surface area contributed by atoms with E-state index in [-0.39, 0.29) is 30.5 Å². The van der Waals surface area contributed by atoms with Crippen LogP contribution in [0.25, 0.3) is 0 Å². The van der Waals surface area contributed by atoms with E-state index >= 15 is 0 Å². The standard InChI is InChI=1S/C9H14N4O4S/c14-3-2-13(7-1-4-18(16,17)5-7)9(15)8-10-6-11-12-8/h6-7,14H,1-5H2,(H,10,11,12). The van der Waals surface area contributed by atoms with Gasteiger partial charge in [0, 0.05) is 12.6 Å². The van der Waals surface area contributed by atoms with Crippen LogP contribution in [-0.4, -0.2) is 70.2 Å². The maximum Gasteiger partial charge on any atom is 0.291 e. The third-order valence-electron chi connectivity index (χ3n) is 2.87. The molecule has 1 fully saturated rings. The lowest BCUT2D eigenvalue weighted by Gasteiger charge is -2.26. The summed E-state index contributed by atoms with van der Waals surface area (Å²) in [6.45, 7) is -0.143. The first-order chi connectivity index (χ1) is 8.53. The van der Waals surface area contributed by atoms with Crippen molar-refractivity contribution in [3.05, 3.63) is 12.2 Å². The van der Waals surface area contributed by atoms with Gasteiger partial charge in [-0.2, -0.15) is 5.10 Å². The predicted octanol–water partition coefficient (Wildman–Crippen LogP) is -1.57. The van der Waals surface area contributed by atoms with Crippen molar-refractivity contribution in [1.82, 2.24) is 20.1 Å². The quantitative estimate of drug-likeness (QED) is 0.685. The molecule has 100 valence electrons. The van der Waals surface area contributed by atoms with E-state index in [1.807, 2.05) is 0 Å². The van der Waals surface area contributed by atoms with Gasteiger partial charge in [-0.15, -0.1) is 0 Å². The van der Waals surface area contributed by atoms with Gasteiger partial charge in [0.2, 0.25) is 5.82 Å². The Hall–Kier alpha value is -1.48. The number of hydrogen-bond donors (Lipinski definition) is 2. The minimum atomic E-state index is -3.08. The maximum atomic E-state index is 12.1. The molecule has 0 aliphatic carbocycles. The zero-order chi connectivity index (χ0) is 13.2. The Balaban J connectivity index is 2.16. The summed E-state index contributed by atoms with van der Waals surface area (Å²) in [5, 5.41) is 15.0. The topological polar surface area (TPSA) is 116 Å². The van der Waals surface area contributed by atoms with Gasteiger partial charge in [-0.3, -0.25) is 9.89 Å². The lowest BCUT2D eigenvalue weighted by Crippen LogP contribution is -2.43. The Morgan fingerprint density at radius 2 is 2.39 bits per heavy atom. The number of hydrogen-bond acceptors (Lipinski definition) is 6. The zero-order valence-electron chi connectivity index (χ0n) is 9.61. The van der Waals surface area contributed by atoms with Crippen LogP contribution < -0.4 is 0 Å². The van der Waals surface area contributed by atoms with Crippen molar-refractivity contribution in [2.45, 2.75) is 12.5 Å². The third-order valence-corrected chi connectivity index (χ3v) is 4.62. The highest BCUT2D eigenvalue weighted by atomic mass is 32.2. The van der Waals surface area contributed by atoms with E-state index in [1.54, 1.807) is 0 Å². The van der Waals surface area contributed by atoms with Gasteiger partial charge in [0.05, 0.1) is 18.1 Å². The number of carbonyl (C=O) groups excluding carboxylic acids is 1. The molecule has 1 atom stereocenters. The van der Waals surface area contributed by atoms with Crippen LogP contribution in [0.1, 0.15) is 17.0 Å². The zero-order valence-corrected chi connectivity index (χ0v) is 10.4. The summed E-state index contributed by atoms with van der Waals surface area (Å²) in [6.07, 6.45) is 1.60. The van der Waals surface area contributed by atoms with Crippen molar-refractivity contribution in [3.8, 4) is 0 Å². The fourth-order valence-corrected chi connectivity index (χ4v) is 3.75. The molecule has 1 aliphatic rings. The minimum Gasteiger partial charge on any atom is -0.395 e.